The van der Waals surface area contributed by atoms with E-state index in [1.165, 1.54) is 12.1 Å². The molecule has 1 amide bonds. The molecule has 0 bridgehead atoms. The number of carbonyl (C=O) groups excluding carboxylic acids is 1. The summed E-state index contributed by atoms with van der Waals surface area (Å²) in [6.45, 7) is 4.92. The smallest absolute Gasteiger partial charge is 0.270 e. The monoisotopic (exact) mass is 436 g/mol. The van der Waals surface area contributed by atoms with Gasteiger partial charge in [0.05, 0.1) is 39.0 Å². The van der Waals surface area contributed by atoms with E-state index in [1.807, 2.05) is 36.4 Å². The number of ether oxygens (including phenoxy) is 2. The van der Waals surface area contributed by atoms with Gasteiger partial charge < -0.3 is 19.3 Å². The van der Waals surface area contributed by atoms with Gasteiger partial charge in [0.1, 0.15) is 36.1 Å². The van der Waals surface area contributed by atoms with Crippen molar-refractivity contribution in [3.8, 4) is 22.8 Å². The zero-order valence-electron chi connectivity index (χ0n) is 18.1. The molecule has 6 nitrogen and oxygen atoms in total. The summed E-state index contributed by atoms with van der Waals surface area (Å²) in [4.78, 5) is 17.1. The molecule has 2 heterocycles. The molecule has 1 aliphatic heterocycles. The van der Waals surface area contributed by atoms with E-state index >= 15 is 0 Å². The number of pyridine rings is 1. The Labute approximate surface area is 187 Å². The van der Waals surface area contributed by atoms with E-state index in [0.29, 0.717) is 29.4 Å². The number of carbonyl (C=O) groups is 1. The van der Waals surface area contributed by atoms with Crippen molar-refractivity contribution in [1.29, 1.82) is 0 Å². The van der Waals surface area contributed by atoms with Crippen molar-refractivity contribution >= 4 is 5.91 Å². The Hall–Kier alpha value is -3.29. The van der Waals surface area contributed by atoms with Crippen molar-refractivity contribution in [1.82, 2.24) is 10.3 Å². The maximum absolute atomic E-state index is 13.0. The standard InChI is InChI=1S/C25H26FN3O3/c1-29(15-17-31-18-16-29)14-13-27-25(30)24-4-2-3-23(28-24)19-5-9-21(10-6-19)32-22-11-7-20(26)8-12-22/h2-12H,13-18H2,1H3/p+1. The van der Waals surface area contributed by atoms with Gasteiger partial charge in [-0.25, -0.2) is 9.37 Å². The maximum atomic E-state index is 13.0. The molecule has 2 aromatic carbocycles. The number of amides is 1. The summed E-state index contributed by atoms with van der Waals surface area (Å²) in [5.74, 6) is 0.709. The molecule has 3 aromatic rings. The molecule has 1 saturated heterocycles. The highest BCUT2D eigenvalue weighted by molar-refractivity contribution is 5.92. The molecular weight excluding hydrogens is 409 g/mol. The predicted octanol–water partition coefficient (Wildman–Crippen LogP) is 3.89. The van der Waals surface area contributed by atoms with Crippen LogP contribution >= 0.6 is 0 Å². The van der Waals surface area contributed by atoms with E-state index in [4.69, 9.17) is 9.47 Å². The molecule has 1 aliphatic rings. The van der Waals surface area contributed by atoms with Gasteiger partial charge in [0.25, 0.3) is 5.91 Å². The second kappa shape index (κ2) is 9.89. The topological polar surface area (TPSA) is 60.5 Å². The molecule has 1 aromatic heterocycles. The fourth-order valence-electron chi connectivity index (χ4n) is 3.59. The van der Waals surface area contributed by atoms with Crippen LogP contribution in [0.25, 0.3) is 11.3 Å². The number of rotatable bonds is 7. The van der Waals surface area contributed by atoms with Crippen LogP contribution in [0.15, 0.2) is 66.7 Å². The van der Waals surface area contributed by atoms with Gasteiger partial charge in [-0.1, -0.05) is 6.07 Å². The highest BCUT2D eigenvalue weighted by Gasteiger charge is 2.24. The lowest BCUT2D eigenvalue weighted by Gasteiger charge is -2.37. The minimum Gasteiger partial charge on any atom is -0.457 e. The minimum atomic E-state index is -0.306. The quantitative estimate of drug-likeness (QED) is 0.571. The Morgan fingerprint density at radius 1 is 1.03 bits per heavy atom. The first kappa shape index (κ1) is 21.9. The zero-order valence-corrected chi connectivity index (χ0v) is 18.1. The van der Waals surface area contributed by atoms with Gasteiger partial charge in [-0.2, -0.15) is 0 Å². The van der Waals surface area contributed by atoms with Crippen LogP contribution in [0.2, 0.25) is 0 Å². The SMILES string of the molecule is C[N+]1(CCNC(=O)c2cccc(-c3ccc(Oc4ccc(F)cc4)cc3)n2)CCOCC1. The van der Waals surface area contributed by atoms with Crippen molar-refractivity contribution in [2.24, 2.45) is 0 Å². The van der Waals surface area contributed by atoms with E-state index in [-0.39, 0.29) is 11.7 Å². The van der Waals surface area contributed by atoms with Crippen LogP contribution in [0, 0.1) is 5.82 Å². The van der Waals surface area contributed by atoms with Gasteiger partial charge >= 0.3 is 0 Å². The lowest BCUT2D eigenvalue weighted by molar-refractivity contribution is -0.915. The highest BCUT2D eigenvalue weighted by Crippen LogP contribution is 2.25. The second-order valence-electron chi connectivity index (χ2n) is 8.15. The van der Waals surface area contributed by atoms with Crippen molar-refractivity contribution in [2.75, 3.05) is 46.4 Å². The van der Waals surface area contributed by atoms with Crippen molar-refractivity contribution in [3.05, 3.63) is 78.2 Å². The van der Waals surface area contributed by atoms with Gasteiger partial charge in [0.2, 0.25) is 0 Å². The van der Waals surface area contributed by atoms with Gasteiger partial charge in [0, 0.05) is 5.56 Å². The summed E-state index contributed by atoms with van der Waals surface area (Å²) in [6.07, 6.45) is 0. The Balaban J connectivity index is 1.36. The maximum Gasteiger partial charge on any atom is 0.270 e. The molecule has 0 aliphatic carbocycles. The van der Waals surface area contributed by atoms with Crippen LogP contribution in [0.3, 0.4) is 0 Å². The third kappa shape index (κ3) is 5.69. The number of nitrogens with one attached hydrogen (secondary N) is 1. The summed E-state index contributed by atoms with van der Waals surface area (Å²) in [6, 6.07) is 18.7. The minimum absolute atomic E-state index is 0.178. The number of hydrogen-bond donors (Lipinski definition) is 1. The number of morpholine rings is 1. The third-order valence-electron chi connectivity index (χ3n) is 5.67. The summed E-state index contributed by atoms with van der Waals surface area (Å²) in [5, 5.41) is 2.99. The molecule has 4 rings (SSSR count). The van der Waals surface area contributed by atoms with Crippen LogP contribution in [-0.4, -0.2) is 61.8 Å². The average Bonchev–Trinajstić information content (AvgIpc) is 2.81. The summed E-state index contributed by atoms with van der Waals surface area (Å²) < 4.78 is 25.1. The third-order valence-corrected chi connectivity index (χ3v) is 5.67. The van der Waals surface area contributed by atoms with E-state index < -0.39 is 0 Å². The molecule has 0 saturated carbocycles. The van der Waals surface area contributed by atoms with Crippen LogP contribution in [0.5, 0.6) is 11.5 Å². The largest absolute Gasteiger partial charge is 0.457 e. The molecule has 0 atom stereocenters. The molecule has 32 heavy (non-hydrogen) atoms. The van der Waals surface area contributed by atoms with Crippen molar-refractivity contribution in [2.45, 2.75) is 0 Å². The summed E-state index contributed by atoms with van der Waals surface area (Å²) in [7, 11) is 2.19. The number of likely N-dealkylation sites (N-methyl/N-ethyl adjacent to an activating group) is 1. The molecule has 0 spiro atoms. The van der Waals surface area contributed by atoms with E-state index in [1.54, 1.807) is 18.2 Å². The Bertz CT molecular complexity index is 1050. The molecule has 1 fully saturated rings. The first-order valence-electron chi connectivity index (χ1n) is 10.7. The van der Waals surface area contributed by atoms with Crippen LogP contribution in [0.4, 0.5) is 4.39 Å². The van der Waals surface area contributed by atoms with Gasteiger partial charge in [0.15, 0.2) is 0 Å². The lowest BCUT2D eigenvalue weighted by atomic mass is 10.1. The molecule has 1 N–H and O–H groups in total. The molecule has 166 valence electrons. The Morgan fingerprint density at radius 2 is 1.69 bits per heavy atom. The number of benzene rings is 2. The number of halogens is 1. The molecule has 0 radical (unpaired) electrons. The second-order valence-corrected chi connectivity index (χ2v) is 8.15. The van der Waals surface area contributed by atoms with E-state index in [2.05, 4.69) is 17.3 Å². The van der Waals surface area contributed by atoms with Crippen LogP contribution in [-0.2, 0) is 4.74 Å². The number of quaternary nitrogens is 1. The molecular formula is C25H27FN3O3+. The van der Waals surface area contributed by atoms with Gasteiger partial charge in [-0.15, -0.1) is 0 Å². The fraction of sp³-hybridized carbons (Fsp3) is 0.280. The number of aromatic nitrogens is 1. The van der Waals surface area contributed by atoms with Crippen molar-refractivity contribution < 1.29 is 23.1 Å². The lowest BCUT2D eigenvalue weighted by Crippen LogP contribution is -2.54. The predicted molar refractivity (Wildman–Crippen MR) is 120 cm³/mol. The van der Waals surface area contributed by atoms with Gasteiger partial charge in [-0.05, 0) is 60.7 Å². The zero-order chi connectivity index (χ0) is 22.4. The normalized spacial score (nSPS) is 15.2. The van der Waals surface area contributed by atoms with Gasteiger partial charge in [-0.3, -0.25) is 4.79 Å². The summed E-state index contributed by atoms with van der Waals surface area (Å²) >= 11 is 0. The molecule has 7 heteroatoms. The Morgan fingerprint density at radius 3 is 2.38 bits per heavy atom. The number of hydrogen-bond acceptors (Lipinski definition) is 4. The fourth-order valence-corrected chi connectivity index (χ4v) is 3.59. The number of nitrogens with zero attached hydrogens (tertiary/aromatic N) is 2. The van der Waals surface area contributed by atoms with Crippen molar-refractivity contribution in [3.63, 3.8) is 0 Å². The van der Waals surface area contributed by atoms with E-state index in [9.17, 15) is 9.18 Å². The van der Waals surface area contributed by atoms with E-state index in [0.717, 1.165) is 42.9 Å². The summed E-state index contributed by atoms with van der Waals surface area (Å²) in [5.41, 5.74) is 1.97. The first-order chi connectivity index (χ1) is 15.5. The van der Waals surface area contributed by atoms with Crippen LogP contribution < -0.4 is 10.1 Å². The first-order valence-corrected chi connectivity index (χ1v) is 10.7. The molecule has 0 unspecified atom stereocenters. The van der Waals surface area contributed by atoms with Crippen LogP contribution in [0.1, 0.15) is 10.5 Å². The average molecular weight is 437 g/mol. The Kier molecular flexibility index (Phi) is 6.78. The highest BCUT2D eigenvalue weighted by atomic mass is 19.1.